The summed E-state index contributed by atoms with van der Waals surface area (Å²) in [6.45, 7) is 12.6. The third kappa shape index (κ3) is 5.92. The molecule has 0 spiro atoms. The fourth-order valence-corrected chi connectivity index (χ4v) is 13.0. The summed E-state index contributed by atoms with van der Waals surface area (Å²) in [5.74, 6) is -0.469. The Morgan fingerprint density at radius 3 is 2.17 bits per heavy atom. The van der Waals surface area contributed by atoms with Gasteiger partial charge < -0.3 is 59.8 Å². The molecule has 302 valence electrons. The Balaban J connectivity index is 1.06. The van der Waals surface area contributed by atoms with Gasteiger partial charge in [-0.15, -0.1) is 0 Å². The molecule has 2 aliphatic heterocycles. The van der Waals surface area contributed by atoms with Crippen LogP contribution in [-0.2, 0) is 23.7 Å². The second kappa shape index (κ2) is 13.4. The van der Waals surface area contributed by atoms with E-state index in [0.29, 0.717) is 12.8 Å². The minimum Gasteiger partial charge on any atom is -0.481 e. The van der Waals surface area contributed by atoms with E-state index < -0.39 is 85.0 Å². The van der Waals surface area contributed by atoms with Crippen molar-refractivity contribution < 1.29 is 64.6 Å². The standard InChI is InChI=1S/C40H64O13/c1-35(2)13-15-40(34(47)48)16-14-37(4)20(21(40)17-35)7-8-24-36(3)11-10-26(39(6,49)25(36)9-12-38(24,37)5)53-32-30(45)28(43)23(19-50-32)52-33-31(46)29(44)27(42)22(18-41)51-33/h7,21-33,41-46,49H,8-19H2,1-6H3,(H,47,48)/t21-,22-,23+,24+,25-,26+,27-,28-,29+,30+,31-,32+,33+,36-,37-,38-,39+,40+/m1/s1. The summed E-state index contributed by atoms with van der Waals surface area (Å²) in [6.07, 6.45) is -3.62. The minimum atomic E-state index is -1.68. The van der Waals surface area contributed by atoms with Crippen molar-refractivity contribution in [3.63, 3.8) is 0 Å². The molecular formula is C40H64O13. The summed E-state index contributed by atoms with van der Waals surface area (Å²) >= 11 is 0. The van der Waals surface area contributed by atoms with Gasteiger partial charge in [0.1, 0.15) is 42.7 Å². The molecule has 0 aromatic carbocycles. The van der Waals surface area contributed by atoms with E-state index in [4.69, 9.17) is 18.9 Å². The van der Waals surface area contributed by atoms with Crippen molar-refractivity contribution >= 4 is 5.97 Å². The molecule has 6 fully saturated rings. The van der Waals surface area contributed by atoms with Crippen LogP contribution >= 0.6 is 0 Å². The van der Waals surface area contributed by atoms with Crippen molar-refractivity contribution in [1.82, 2.24) is 0 Å². The van der Waals surface area contributed by atoms with Gasteiger partial charge in [-0.3, -0.25) is 4.79 Å². The first-order valence-corrected chi connectivity index (χ1v) is 19.9. The van der Waals surface area contributed by atoms with Crippen molar-refractivity contribution in [3.8, 4) is 0 Å². The number of aliphatic carboxylic acids is 1. The summed E-state index contributed by atoms with van der Waals surface area (Å²) < 4.78 is 23.3. The van der Waals surface area contributed by atoms with E-state index in [-0.39, 0.29) is 46.0 Å². The van der Waals surface area contributed by atoms with Crippen molar-refractivity contribution in [2.45, 2.75) is 173 Å². The predicted octanol–water partition coefficient (Wildman–Crippen LogP) is 2.25. The van der Waals surface area contributed by atoms with E-state index in [1.165, 1.54) is 5.57 Å². The van der Waals surface area contributed by atoms with Gasteiger partial charge in [-0.2, -0.15) is 0 Å². The molecule has 13 heteroatoms. The molecule has 18 atom stereocenters. The zero-order chi connectivity index (χ0) is 38.7. The second-order valence-corrected chi connectivity index (χ2v) is 19.6. The molecule has 7 rings (SSSR count). The molecule has 8 N–H and O–H groups in total. The summed E-state index contributed by atoms with van der Waals surface area (Å²) in [6, 6.07) is 0. The predicted molar refractivity (Wildman–Crippen MR) is 189 cm³/mol. The number of carbonyl (C=O) groups is 1. The summed E-state index contributed by atoms with van der Waals surface area (Å²) in [5, 5.41) is 85.4. The third-order valence-electron chi connectivity index (χ3n) is 16.5. The van der Waals surface area contributed by atoms with Gasteiger partial charge in [0.25, 0.3) is 0 Å². The van der Waals surface area contributed by atoms with Crippen LogP contribution in [0, 0.1) is 44.8 Å². The smallest absolute Gasteiger partial charge is 0.310 e. The Morgan fingerprint density at radius 2 is 1.49 bits per heavy atom. The van der Waals surface area contributed by atoms with Crippen LogP contribution in [0.1, 0.15) is 106 Å². The number of rotatable bonds is 6. The molecule has 2 heterocycles. The first kappa shape index (κ1) is 40.0. The molecule has 2 saturated heterocycles. The lowest BCUT2D eigenvalue weighted by atomic mass is 9.34. The number of hydrogen-bond donors (Lipinski definition) is 8. The van der Waals surface area contributed by atoms with Gasteiger partial charge in [0, 0.05) is 0 Å². The third-order valence-corrected chi connectivity index (χ3v) is 16.5. The van der Waals surface area contributed by atoms with Gasteiger partial charge in [0.05, 0.1) is 30.3 Å². The topological polar surface area (TPSA) is 216 Å². The average Bonchev–Trinajstić information content (AvgIpc) is 3.09. The summed E-state index contributed by atoms with van der Waals surface area (Å²) in [5.41, 5.74) is -0.994. The van der Waals surface area contributed by atoms with Gasteiger partial charge in [-0.05, 0) is 111 Å². The molecule has 7 aliphatic rings. The lowest BCUT2D eigenvalue weighted by molar-refractivity contribution is -0.354. The molecule has 4 saturated carbocycles. The van der Waals surface area contributed by atoms with Crippen LogP contribution in [0.2, 0.25) is 0 Å². The van der Waals surface area contributed by atoms with E-state index >= 15 is 0 Å². The number of ether oxygens (including phenoxy) is 4. The maximum Gasteiger partial charge on any atom is 0.310 e. The number of carboxylic acids is 1. The molecule has 53 heavy (non-hydrogen) atoms. The van der Waals surface area contributed by atoms with Crippen LogP contribution in [0.5, 0.6) is 0 Å². The molecular weight excluding hydrogens is 688 g/mol. The first-order valence-electron chi connectivity index (χ1n) is 19.9. The average molecular weight is 753 g/mol. The van der Waals surface area contributed by atoms with E-state index in [9.17, 15) is 45.6 Å². The lowest BCUT2D eigenvalue weighted by Gasteiger charge is -2.71. The van der Waals surface area contributed by atoms with Crippen LogP contribution in [-0.4, -0.2) is 127 Å². The first-order chi connectivity index (χ1) is 24.7. The Kier molecular flexibility index (Phi) is 10.1. The number of aliphatic hydroxyl groups excluding tert-OH is 6. The lowest BCUT2D eigenvalue weighted by Crippen LogP contribution is -2.68. The molecule has 0 radical (unpaired) electrons. The fraction of sp³-hybridized carbons (Fsp3) is 0.925. The molecule has 0 aromatic heterocycles. The highest BCUT2D eigenvalue weighted by Gasteiger charge is 2.70. The van der Waals surface area contributed by atoms with Crippen molar-refractivity contribution in [2.75, 3.05) is 13.2 Å². The highest BCUT2D eigenvalue weighted by Crippen LogP contribution is 2.75. The monoisotopic (exact) mass is 752 g/mol. The highest BCUT2D eigenvalue weighted by atomic mass is 16.7. The van der Waals surface area contributed by atoms with Crippen LogP contribution in [0.3, 0.4) is 0 Å². The van der Waals surface area contributed by atoms with E-state index in [2.05, 4.69) is 40.7 Å². The number of allylic oxidation sites excluding steroid dienone is 2. The second-order valence-electron chi connectivity index (χ2n) is 19.6. The van der Waals surface area contributed by atoms with Crippen LogP contribution < -0.4 is 0 Å². The maximum absolute atomic E-state index is 13.0. The Morgan fingerprint density at radius 1 is 0.811 bits per heavy atom. The van der Waals surface area contributed by atoms with Gasteiger partial charge in [0.2, 0.25) is 0 Å². The fourth-order valence-electron chi connectivity index (χ4n) is 13.0. The summed E-state index contributed by atoms with van der Waals surface area (Å²) in [4.78, 5) is 13.0. The highest BCUT2D eigenvalue weighted by molar-refractivity contribution is 5.76. The number of carboxylic acid groups (broad SMARTS) is 1. The molecule has 0 amide bonds. The molecule has 0 aromatic rings. The van der Waals surface area contributed by atoms with Crippen molar-refractivity contribution in [2.24, 2.45) is 44.8 Å². The van der Waals surface area contributed by atoms with Crippen LogP contribution in [0.25, 0.3) is 0 Å². The van der Waals surface area contributed by atoms with Crippen molar-refractivity contribution in [3.05, 3.63) is 11.6 Å². The zero-order valence-corrected chi connectivity index (χ0v) is 32.2. The van der Waals surface area contributed by atoms with Gasteiger partial charge in [-0.1, -0.05) is 46.3 Å². The number of hydrogen-bond acceptors (Lipinski definition) is 12. The van der Waals surface area contributed by atoms with Gasteiger partial charge >= 0.3 is 5.97 Å². The SMILES string of the molecule is CC1(C)CC[C@]2(C(=O)O)CC[C@]3(C)C(=CC[C@H]4[C@@]5(C)CC[C@H](O[C@@H]6OC[C@H](O[C@@H]7O[C@H](CO)[C@@H](O)[C@H](O)[C@H]7O)[C@@H](O)[C@@H]6O)[C@@](C)(O)[C@@H]5CC[C@]43C)[C@H]2C1. The minimum absolute atomic E-state index is 0.0255. The Hall–Kier alpha value is -1.23. The molecule has 0 unspecified atom stereocenters. The Labute approximate surface area is 312 Å². The molecule has 13 nitrogen and oxygen atoms in total. The van der Waals surface area contributed by atoms with Gasteiger partial charge in [-0.25, -0.2) is 0 Å². The zero-order valence-electron chi connectivity index (χ0n) is 32.2. The van der Waals surface area contributed by atoms with E-state index in [1.54, 1.807) is 0 Å². The van der Waals surface area contributed by atoms with Gasteiger partial charge in [0.15, 0.2) is 12.6 Å². The quantitative estimate of drug-likeness (QED) is 0.145. The number of fused-ring (bicyclic) bond motifs is 7. The van der Waals surface area contributed by atoms with Crippen LogP contribution in [0.4, 0.5) is 0 Å². The number of aliphatic hydroxyl groups is 7. The van der Waals surface area contributed by atoms with Crippen molar-refractivity contribution in [1.29, 1.82) is 0 Å². The normalized spacial score (nSPS) is 55.1. The largest absolute Gasteiger partial charge is 0.481 e. The summed E-state index contributed by atoms with van der Waals surface area (Å²) in [7, 11) is 0. The maximum atomic E-state index is 13.0. The molecule has 5 aliphatic carbocycles. The Bertz CT molecular complexity index is 1430. The molecule has 0 bridgehead atoms. The van der Waals surface area contributed by atoms with E-state index in [0.717, 1.165) is 51.4 Å². The van der Waals surface area contributed by atoms with Crippen LogP contribution in [0.15, 0.2) is 11.6 Å². The van der Waals surface area contributed by atoms with E-state index in [1.807, 2.05) is 6.92 Å².